The molecule has 1 atom stereocenters. The Hall–Kier alpha value is -1.94. The molecular weight excluding hydrogens is 264 g/mol. The number of hydrogen-bond acceptors (Lipinski definition) is 5. The Labute approximate surface area is 102 Å². The number of H-pyrrole nitrogens is 1. The van der Waals surface area contributed by atoms with E-state index in [2.05, 4.69) is 15.3 Å². The SMILES string of the molecule is O=C1CN(S(=O)(=O)c2cnc[nH]2)C(C(=O)O)CN1. The third-order valence-corrected chi connectivity index (χ3v) is 4.26. The van der Waals surface area contributed by atoms with Crippen molar-refractivity contribution in [2.45, 2.75) is 11.1 Å². The van der Waals surface area contributed by atoms with Crippen LogP contribution in [0.15, 0.2) is 17.6 Å². The van der Waals surface area contributed by atoms with Crippen LogP contribution >= 0.6 is 0 Å². The Morgan fingerprint density at radius 3 is 2.83 bits per heavy atom. The van der Waals surface area contributed by atoms with Crippen molar-refractivity contribution in [1.82, 2.24) is 19.6 Å². The number of aromatic nitrogens is 2. The number of sulfonamides is 1. The molecule has 9 nitrogen and oxygen atoms in total. The standard InChI is InChI=1S/C8H10N4O5S/c13-6-3-12(5(1-10-6)8(14)15)18(16,17)7-2-9-4-11-7/h2,4-5H,1,3H2,(H,9,11)(H,10,13)(H,14,15). The summed E-state index contributed by atoms with van der Waals surface area (Å²) in [4.78, 5) is 28.2. The molecule has 18 heavy (non-hydrogen) atoms. The first-order chi connectivity index (χ1) is 8.43. The second-order valence-corrected chi connectivity index (χ2v) is 5.48. The van der Waals surface area contributed by atoms with Crippen molar-refractivity contribution in [3.8, 4) is 0 Å². The van der Waals surface area contributed by atoms with E-state index in [0.29, 0.717) is 4.31 Å². The van der Waals surface area contributed by atoms with Crippen LogP contribution < -0.4 is 5.32 Å². The number of carboxylic acid groups (broad SMARTS) is 1. The predicted molar refractivity (Wildman–Crippen MR) is 56.9 cm³/mol. The fourth-order valence-corrected chi connectivity index (χ4v) is 3.03. The number of carbonyl (C=O) groups is 2. The van der Waals surface area contributed by atoms with Gasteiger partial charge in [0.1, 0.15) is 6.04 Å². The predicted octanol–water partition coefficient (Wildman–Crippen LogP) is -2.02. The largest absolute Gasteiger partial charge is 0.480 e. The van der Waals surface area contributed by atoms with E-state index in [1.165, 1.54) is 0 Å². The maximum Gasteiger partial charge on any atom is 0.323 e. The highest BCUT2D eigenvalue weighted by Crippen LogP contribution is 2.17. The summed E-state index contributed by atoms with van der Waals surface area (Å²) < 4.78 is 24.9. The molecule has 1 aromatic rings. The van der Waals surface area contributed by atoms with Crippen LogP contribution in [0.2, 0.25) is 0 Å². The quantitative estimate of drug-likeness (QED) is 0.583. The van der Waals surface area contributed by atoms with Gasteiger partial charge in [-0.3, -0.25) is 9.59 Å². The number of imidazole rings is 1. The van der Waals surface area contributed by atoms with Gasteiger partial charge < -0.3 is 15.4 Å². The summed E-state index contributed by atoms with van der Waals surface area (Å²) >= 11 is 0. The van der Waals surface area contributed by atoms with E-state index < -0.39 is 34.5 Å². The van der Waals surface area contributed by atoms with Crippen LogP contribution in [-0.2, 0) is 19.6 Å². The minimum absolute atomic E-state index is 0.247. The number of rotatable bonds is 3. The van der Waals surface area contributed by atoms with Gasteiger partial charge in [-0.05, 0) is 0 Å². The molecule has 2 rings (SSSR count). The highest BCUT2D eigenvalue weighted by Gasteiger charge is 2.40. The summed E-state index contributed by atoms with van der Waals surface area (Å²) in [6.07, 6.45) is 2.22. The highest BCUT2D eigenvalue weighted by atomic mass is 32.2. The van der Waals surface area contributed by atoms with Gasteiger partial charge in [0.25, 0.3) is 10.0 Å². The molecule has 0 radical (unpaired) electrons. The summed E-state index contributed by atoms with van der Waals surface area (Å²) in [7, 11) is -4.07. The van der Waals surface area contributed by atoms with Crippen LogP contribution in [0.5, 0.6) is 0 Å². The number of amides is 1. The average molecular weight is 274 g/mol. The van der Waals surface area contributed by atoms with E-state index in [0.717, 1.165) is 12.5 Å². The molecule has 1 amide bonds. The maximum absolute atomic E-state index is 12.1. The molecule has 0 bridgehead atoms. The van der Waals surface area contributed by atoms with Gasteiger partial charge in [0.15, 0.2) is 5.03 Å². The molecule has 2 heterocycles. The lowest BCUT2D eigenvalue weighted by Gasteiger charge is -2.31. The van der Waals surface area contributed by atoms with Crippen molar-refractivity contribution in [3.63, 3.8) is 0 Å². The molecule has 1 saturated heterocycles. The second kappa shape index (κ2) is 4.38. The van der Waals surface area contributed by atoms with Crippen LogP contribution in [0.1, 0.15) is 0 Å². The van der Waals surface area contributed by atoms with E-state index in [9.17, 15) is 18.0 Å². The first kappa shape index (κ1) is 12.5. The summed E-state index contributed by atoms with van der Waals surface area (Å²) in [5.74, 6) is -1.87. The zero-order chi connectivity index (χ0) is 13.3. The molecule has 0 saturated carbocycles. The molecular formula is C8H10N4O5S. The van der Waals surface area contributed by atoms with Crippen LogP contribution in [0, 0.1) is 0 Å². The number of aromatic amines is 1. The van der Waals surface area contributed by atoms with Crippen LogP contribution in [0.4, 0.5) is 0 Å². The Bertz CT molecular complexity index is 566. The molecule has 10 heteroatoms. The zero-order valence-corrected chi connectivity index (χ0v) is 9.85. The van der Waals surface area contributed by atoms with Gasteiger partial charge in [0.05, 0.1) is 19.1 Å². The summed E-state index contributed by atoms with van der Waals surface area (Å²) in [5, 5.41) is 11.0. The minimum Gasteiger partial charge on any atom is -0.480 e. The first-order valence-electron chi connectivity index (χ1n) is 4.92. The molecule has 1 aromatic heterocycles. The third kappa shape index (κ3) is 2.07. The normalized spacial score (nSPS) is 21.6. The van der Waals surface area contributed by atoms with Crippen molar-refractivity contribution in [1.29, 1.82) is 0 Å². The van der Waals surface area contributed by atoms with Gasteiger partial charge in [-0.2, -0.15) is 4.31 Å². The number of piperazine rings is 1. The van der Waals surface area contributed by atoms with Crippen LogP contribution in [0.25, 0.3) is 0 Å². The Kier molecular flexibility index (Phi) is 3.05. The molecule has 0 spiro atoms. The molecule has 1 unspecified atom stereocenters. The molecule has 98 valence electrons. The van der Waals surface area contributed by atoms with Crippen molar-refractivity contribution < 1.29 is 23.1 Å². The zero-order valence-electron chi connectivity index (χ0n) is 9.03. The first-order valence-corrected chi connectivity index (χ1v) is 6.36. The lowest BCUT2D eigenvalue weighted by atomic mass is 10.2. The van der Waals surface area contributed by atoms with Crippen molar-refractivity contribution in [3.05, 3.63) is 12.5 Å². The third-order valence-electron chi connectivity index (χ3n) is 2.48. The highest BCUT2D eigenvalue weighted by molar-refractivity contribution is 7.89. The number of hydrogen-bond donors (Lipinski definition) is 3. The number of nitrogens with zero attached hydrogens (tertiary/aromatic N) is 2. The van der Waals surface area contributed by atoms with Gasteiger partial charge >= 0.3 is 5.97 Å². The van der Waals surface area contributed by atoms with Gasteiger partial charge in [-0.1, -0.05) is 0 Å². The lowest BCUT2D eigenvalue weighted by molar-refractivity contribution is -0.143. The van der Waals surface area contributed by atoms with Crippen LogP contribution in [0.3, 0.4) is 0 Å². The average Bonchev–Trinajstić information content (AvgIpc) is 2.82. The Balaban J connectivity index is 2.39. The summed E-state index contributed by atoms with van der Waals surface area (Å²) in [6, 6.07) is -1.32. The summed E-state index contributed by atoms with van der Waals surface area (Å²) in [6.45, 7) is -0.792. The monoisotopic (exact) mass is 274 g/mol. The number of aliphatic carboxylic acids is 1. The van der Waals surface area contributed by atoms with Crippen LogP contribution in [-0.4, -0.2) is 58.8 Å². The van der Waals surface area contributed by atoms with E-state index in [4.69, 9.17) is 5.11 Å². The van der Waals surface area contributed by atoms with E-state index in [-0.39, 0.29) is 11.6 Å². The van der Waals surface area contributed by atoms with Gasteiger partial charge in [0, 0.05) is 6.54 Å². The molecule has 1 aliphatic rings. The van der Waals surface area contributed by atoms with Crippen molar-refractivity contribution in [2.75, 3.05) is 13.1 Å². The van der Waals surface area contributed by atoms with Crippen molar-refractivity contribution >= 4 is 21.9 Å². The fraction of sp³-hybridized carbons (Fsp3) is 0.375. The molecule has 0 aliphatic carbocycles. The van der Waals surface area contributed by atoms with Gasteiger partial charge in [0.2, 0.25) is 5.91 Å². The fourth-order valence-electron chi connectivity index (χ4n) is 1.59. The number of carbonyl (C=O) groups excluding carboxylic acids is 1. The molecule has 1 fully saturated rings. The Morgan fingerprint density at radius 2 is 2.28 bits per heavy atom. The van der Waals surface area contributed by atoms with E-state index in [1.807, 2.05) is 0 Å². The molecule has 0 aromatic carbocycles. The summed E-state index contributed by atoms with van der Waals surface area (Å²) in [5.41, 5.74) is 0. The maximum atomic E-state index is 12.1. The van der Waals surface area contributed by atoms with E-state index >= 15 is 0 Å². The van der Waals surface area contributed by atoms with Gasteiger partial charge in [-0.15, -0.1) is 0 Å². The Morgan fingerprint density at radius 1 is 1.56 bits per heavy atom. The lowest BCUT2D eigenvalue weighted by Crippen LogP contribution is -2.59. The number of carboxylic acids is 1. The second-order valence-electron chi connectivity index (χ2n) is 3.62. The topological polar surface area (TPSA) is 132 Å². The molecule has 1 aliphatic heterocycles. The smallest absolute Gasteiger partial charge is 0.323 e. The minimum atomic E-state index is -4.07. The molecule has 3 N–H and O–H groups in total. The van der Waals surface area contributed by atoms with Crippen molar-refractivity contribution in [2.24, 2.45) is 0 Å². The van der Waals surface area contributed by atoms with Gasteiger partial charge in [-0.25, -0.2) is 13.4 Å². The van der Waals surface area contributed by atoms with E-state index in [1.54, 1.807) is 0 Å². The number of nitrogens with one attached hydrogen (secondary N) is 2.